The number of anilines is 3. The van der Waals surface area contributed by atoms with Gasteiger partial charge in [0.1, 0.15) is 0 Å². The minimum absolute atomic E-state index is 0.189. The molecule has 1 aliphatic rings. The number of hydrogen-bond acceptors (Lipinski definition) is 1. The van der Waals surface area contributed by atoms with E-state index >= 15 is 0 Å². The van der Waals surface area contributed by atoms with Crippen LogP contribution in [0.25, 0.3) is 106 Å². The first-order valence-corrected chi connectivity index (χ1v) is 31.0. The van der Waals surface area contributed by atoms with Gasteiger partial charge in [-0.05, 0) is 175 Å². The molecule has 416 valence electrons. The van der Waals surface area contributed by atoms with Crippen molar-refractivity contribution in [2.75, 3.05) is 4.90 Å². The summed E-state index contributed by atoms with van der Waals surface area (Å²) in [5.41, 5.74) is 26.9. The average molecular weight is 1100 g/mol. The lowest BCUT2D eigenvalue weighted by molar-refractivity contribution is 0.401. The zero-order valence-electron chi connectivity index (χ0n) is 49.3. The molecule has 0 aliphatic heterocycles. The third-order valence-corrected chi connectivity index (χ3v) is 18.2. The standard InChI is InChI=1S/C83H74N2/c1-5-9-11-19-53-83(54-20-12-10-6-2)79-57-73(84(71-43-37-65(38-44-71)62-23-17-14-18-24-62)72-45-39-66(40-46-72)64-35-33-63(34-36-64)61-21-15-13-16-22-61)47-49-75(79)76-50-48-74(58-80(76)83)85-81-51-41-69(67-29-25-59(7-3)26-30-67)55-77(81)78-56-70(42-52-82(78)85)68-31-27-60(8-4)28-32-68/h7-8,13-18,21-52,55-58H,3-6,9-12,19-20,53-54H2,1-2H3. The van der Waals surface area contributed by atoms with E-state index < -0.39 is 0 Å². The van der Waals surface area contributed by atoms with Gasteiger partial charge in [-0.15, -0.1) is 0 Å². The predicted octanol–water partition coefficient (Wildman–Crippen LogP) is 24.1. The minimum Gasteiger partial charge on any atom is -0.310 e. The van der Waals surface area contributed by atoms with Crippen LogP contribution < -0.4 is 4.90 Å². The van der Waals surface area contributed by atoms with Crippen molar-refractivity contribution in [2.24, 2.45) is 0 Å². The lowest BCUT2D eigenvalue weighted by Gasteiger charge is -2.34. The normalized spacial score (nSPS) is 12.3. The summed E-state index contributed by atoms with van der Waals surface area (Å²) in [7, 11) is 0. The van der Waals surface area contributed by atoms with Crippen LogP contribution >= 0.6 is 0 Å². The first kappa shape index (κ1) is 54.7. The molecule has 0 fully saturated rings. The fraction of sp³-hybridized carbons (Fsp3) is 0.157. The maximum atomic E-state index is 4.02. The Bertz CT molecular complexity index is 4180. The fourth-order valence-electron chi connectivity index (χ4n) is 13.6. The average Bonchev–Trinajstić information content (AvgIpc) is 2.62. The first-order chi connectivity index (χ1) is 41.9. The van der Waals surface area contributed by atoms with Gasteiger partial charge in [0.05, 0.1) is 11.0 Å². The molecule has 0 bridgehead atoms. The molecule has 0 saturated carbocycles. The van der Waals surface area contributed by atoms with Crippen molar-refractivity contribution in [3.63, 3.8) is 0 Å². The monoisotopic (exact) mass is 1100 g/mol. The van der Waals surface area contributed by atoms with Crippen molar-refractivity contribution in [1.29, 1.82) is 0 Å². The number of aromatic nitrogens is 1. The molecule has 1 heterocycles. The SMILES string of the molecule is C=Cc1ccc(-c2ccc3c(c2)c2cc(-c4ccc(C=C)cc4)ccc2n3-c2ccc3c(c2)C(CCCCCC)(CCCCCC)c2cc(N(c4ccc(-c5ccccc5)cc4)c4ccc(-c5ccc(-c6ccccc6)cc5)cc4)ccc2-3)cc1. The Kier molecular flexibility index (Phi) is 15.7. The van der Waals surface area contributed by atoms with Crippen LogP contribution in [0.4, 0.5) is 17.1 Å². The van der Waals surface area contributed by atoms with E-state index in [2.05, 4.69) is 291 Å². The summed E-state index contributed by atoms with van der Waals surface area (Å²) >= 11 is 0. The smallest absolute Gasteiger partial charge is 0.0541 e. The van der Waals surface area contributed by atoms with Crippen molar-refractivity contribution in [2.45, 2.75) is 83.5 Å². The van der Waals surface area contributed by atoms with Crippen molar-refractivity contribution < 1.29 is 0 Å². The van der Waals surface area contributed by atoms with E-state index in [4.69, 9.17) is 0 Å². The van der Waals surface area contributed by atoms with Crippen LogP contribution in [0.5, 0.6) is 0 Å². The largest absolute Gasteiger partial charge is 0.310 e. The highest BCUT2D eigenvalue weighted by molar-refractivity contribution is 6.12. The number of hydrogen-bond donors (Lipinski definition) is 0. The second kappa shape index (κ2) is 24.4. The number of benzene rings is 11. The minimum atomic E-state index is -0.189. The summed E-state index contributed by atoms with van der Waals surface area (Å²) in [6.45, 7) is 12.7. The summed E-state index contributed by atoms with van der Waals surface area (Å²) in [4.78, 5) is 2.49. The molecule has 11 aromatic carbocycles. The highest BCUT2D eigenvalue weighted by atomic mass is 15.1. The highest BCUT2D eigenvalue weighted by Crippen LogP contribution is 2.57. The molecule has 0 amide bonds. The van der Waals surface area contributed by atoms with Gasteiger partial charge < -0.3 is 9.47 Å². The van der Waals surface area contributed by atoms with E-state index in [0.717, 1.165) is 35.3 Å². The molecular formula is C83H74N2. The van der Waals surface area contributed by atoms with Crippen LogP contribution in [-0.4, -0.2) is 4.57 Å². The Morgan fingerprint density at radius 3 is 1.14 bits per heavy atom. The van der Waals surface area contributed by atoms with Gasteiger partial charge in [-0.25, -0.2) is 0 Å². The van der Waals surface area contributed by atoms with E-state index in [9.17, 15) is 0 Å². The van der Waals surface area contributed by atoms with Gasteiger partial charge >= 0.3 is 0 Å². The number of unbranched alkanes of at least 4 members (excludes halogenated alkanes) is 6. The molecule has 1 aromatic heterocycles. The zero-order valence-corrected chi connectivity index (χ0v) is 49.3. The lowest BCUT2D eigenvalue weighted by Crippen LogP contribution is -2.26. The molecular weight excluding hydrogens is 1020 g/mol. The summed E-state index contributed by atoms with van der Waals surface area (Å²) in [5.74, 6) is 0. The maximum absolute atomic E-state index is 4.02. The van der Waals surface area contributed by atoms with E-state index in [0.29, 0.717) is 0 Å². The molecule has 0 N–H and O–H groups in total. The van der Waals surface area contributed by atoms with Gasteiger partial charge in [0.25, 0.3) is 0 Å². The Labute approximate surface area is 503 Å². The van der Waals surface area contributed by atoms with Gasteiger partial charge in [-0.1, -0.05) is 273 Å². The van der Waals surface area contributed by atoms with E-state index in [-0.39, 0.29) is 5.41 Å². The lowest BCUT2D eigenvalue weighted by atomic mass is 9.70. The Morgan fingerprint density at radius 2 is 0.706 bits per heavy atom. The van der Waals surface area contributed by atoms with Gasteiger partial charge in [-0.2, -0.15) is 0 Å². The van der Waals surface area contributed by atoms with Gasteiger partial charge in [0, 0.05) is 38.9 Å². The Morgan fingerprint density at radius 1 is 0.341 bits per heavy atom. The molecule has 0 spiro atoms. The van der Waals surface area contributed by atoms with E-state index in [1.165, 1.54) is 162 Å². The van der Waals surface area contributed by atoms with Crippen molar-refractivity contribution >= 4 is 51.0 Å². The molecule has 2 nitrogen and oxygen atoms in total. The molecule has 0 saturated heterocycles. The molecule has 0 radical (unpaired) electrons. The van der Waals surface area contributed by atoms with Crippen LogP contribution in [0.2, 0.25) is 0 Å². The Hall–Kier alpha value is -9.50. The topological polar surface area (TPSA) is 8.17 Å². The molecule has 1 aliphatic carbocycles. The number of rotatable bonds is 21. The molecule has 12 aromatic rings. The van der Waals surface area contributed by atoms with E-state index in [1.54, 1.807) is 0 Å². The third kappa shape index (κ3) is 10.8. The van der Waals surface area contributed by atoms with Crippen LogP contribution in [0.3, 0.4) is 0 Å². The van der Waals surface area contributed by atoms with Crippen LogP contribution in [-0.2, 0) is 5.41 Å². The highest BCUT2D eigenvalue weighted by Gasteiger charge is 2.43. The molecule has 0 atom stereocenters. The zero-order chi connectivity index (χ0) is 57.7. The molecule has 0 unspecified atom stereocenters. The summed E-state index contributed by atoms with van der Waals surface area (Å²) in [6.07, 6.45) is 15.7. The number of nitrogens with zero attached hydrogens (tertiary/aromatic N) is 2. The first-order valence-electron chi connectivity index (χ1n) is 31.0. The van der Waals surface area contributed by atoms with Crippen molar-refractivity contribution in [1.82, 2.24) is 4.57 Å². The summed E-state index contributed by atoms with van der Waals surface area (Å²) < 4.78 is 2.55. The van der Waals surface area contributed by atoms with Crippen LogP contribution in [0.15, 0.2) is 268 Å². The third-order valence-electron chi connectivity index (χ3n) is 18.2. The molecule has 85 heavy (non-hydrogen) atoms. The quantitative estimate of drug-likeness (QED) is 0.0651. The fourth-order valence-corrected chi connectivity index (χ4v) is 13.6. The van der Waals surface area contributed by atoms with Crippen molar-refractivity contribution in [3.8, 4) is 72.4 Å². The second-order valence-electron chi connectivity index (χ2n) is 23.4. The molecule has 2 heteroatoms. The summed E-state index contributed by atoms with van der Waals surface area (Å²) in [6, 6.07) is 95.4. The summed E-state index contributed by atoms with van der Waals surface area (Å²) in [5, 5.41) is 2.49. The van der Waals surface area contributed by atoms with Crippen LogP contribution in [0, 0.1) is 0 Å². The Balaban J connectivity index is 0.955. The van der Waals surface area contributed by atoms with Crippen LogP contribution in [0.1, 0.15) is 100 Å². The van der Waals surface area contributed by atoms with Gasteiger partial charge in [-0.3, -0.25) is 0 Å². The second-order valence-corrected chi connectivity index (χ2v) is 23.4. The maximum Gasteiger partial charge on any atom is 0.0541 e. The number of fused-ring (bicyclic) bond motifs is 6. The predicted molar refractivity (Wildman–Crippen MR) is 367 cm³/mol. The molecule has 13 rings (SSSR count). The van der Waals surface area contributed by atoms with Crippen molar-refractivity contribution in [3.05, 3.63) is 290 Å². The van der Waals surface area contributed by atoms with Gasteiger partial charge in [0.2, 0.25) is 0 Å². The van der Waals surface area contributed by atoms with Gasteiger partial charge in [0.15, 0.2) is 0 Å². The van der Waals surface area contributed by atoms with E-state index in [1.807, 2.05) is 12.2 Å².